The van der Waals surface area contributed by atoms with E-state index in [9.17, 15) is 0 Å². The highest BCUT2D eigenvalue weighted by atomic mass is 79.9. The maximum Gasteiger partial charge on any atom is 0.156 e. The fraction of sp³-hybridized carbons (Fsp3) is 0. The Hall–Kier alpha value is 0.520. The molecule has 9 heteroatoms. The van der Waals surface area contributed by atoms with Crippen molar-refractivity contribution in [3.63, 3.8) is 0 Å². The van der Waals surface area contributed by atoms with Gasteiger partial charge in [-0.2, -0.15) is 0 Å². The molecule has 0 heterocycles. The van der Waals surface area contributed by atoms with Crippen molar-refractivity contribution in [2.24, 2.45) is 0 Å². The lowest BCUT2D eigenvalue weighted by Crippen LogP contribution is -1.94. The van der Waals surface area contributed by atoms with Crippen molar-refractivity contribution in [1.29, 1.82) is 0 Å². The predicted octanol–water partition coefficient (Wildman–Crippen LogP) is 12.9. The summed E-state index contributed by atoms with van der Waals surface area (Å²) in [7, 11) is 0. The summed E-state index contributed by atoms with van der Waals surface area (Å²) in [5.74, 6) is 1.35. The van der Waals surface area contributed by atoms with Gasteiger partial charge in [0.2, 0.25) is 0 Å². The fourth-order valence-electron chi connectivity index (χ4n) is 3.19. The van der Waals surface area contributed by atoms with Crippen molar-refractivity contribution >= 4 is 127 Å². The molecule has 0 spiro atoms. The molecule has 0 aliphatic heterocycles. The lowest BCUT2D eigenvalue weighted by molar-refractivity contribution is 0.471. The average molecular weight is 954 g/mol. The van der Waals surface area contributed by atoms with Gasteiger partial charge in [0.15, 0.2) is 11.5 Å². The average Bonchev–Trinajstić information content (AvgIpc) is 2.75. The first kappa shape index (κ1) is 26.6. The SMILES string of the molecule is Brc1ccc(-c2ccc(Br)c(Oc3c(Br)ccc(-c4ccc(Br)cc4Br)c3Br)c2Br)c(Br)c1. The van der Waals surface area contributed by atoms with Crippen LogP contribution in [0.1, 0.15) is 0 Å². The summed E-state index contributed by atoms with van der Waals surface area (Å²) in [4.78, 5) is 0. The minimum absolute atomic E-state index is 0.677. The maximum absolute atomic E-state index is 6.52. The van der Waals surface area contributed by atoms with Crippen molar-refractivity contribution in [2.45, 2.75) is 0 Å². The van der Waals surface area contributed by atoms with Gasteiger partial charge in [-0.3, -0.25) is 0 Å². The van der Waals surface area contributed by atoms with Gasteiger partial charge in [-0.15, -0.1) is 0 Å². The zero-order chi connectivity index (χ0) is 23.9. The summed E-state index contributed by atoms with van der Waals surface area (Å²) in [6.45, 7) is 0. The number of ether oxygens (including phenoxy) is 1. The third-order valence-corrected chi connectivity index (χ3v) is 9.87. The molecule has 4 aromatic rings. The summed E-state index contributed by atoms with van der Waals surface area (Å²) in [5, 5.41) is 0. The number of benzene rings is 4. The van der Waals surface area contributed by atoms with E-state index in [1.165, 1.54) is 0 Å². The Morgan fingerprint density at radius 1 is 0.394 bits per heavy atom. The zero-order valence-electron chi connectivity index (χ0n) is 16.2. The molecule has 4 rings (SSSR count). The normalized spacial score (nSPS) is 11.0. The predicted molar refractivity (Wildman–Crippen MR) is 165 cm³/mol. The summed E-state index contributed by atoms with van der Waals surface area (Å²) < 4.78 is 13.8. The van der Waals surface area contributed by atoms with Gasteiger partial charge in [-0.05, 0) is 111 Å². The molecule has 0 aromatic heterocycles. The molecule has 0 amide bonds. The highest BCUT2D eigenvalue weighted by molar-refractivity contribution is 9.12. The van der Waals surface area contributed by atoms with Crippen molar-refractivity contribution in [1.82, 2.24) is 0 Å². The second-order valence-corrected chi connectivity index (χ2v) is 13.7. The van der Waals surface area contributed by atoms with Gasteiger partial charge >= 0.3 is 0 Å². The van der Waals surface area contributed by atoms with Gasteiger partial charge in [-0.25, -0.2) is 0 Å². The van der Waals surface area contributed by atoms with Crippen LogP contribution in [0, 0.1) is 0 Å². The molecule has 33 heavy (non-hydrogen) atoms. The first-order valence-corrected chi connectivity index (χ1v) is 15.6. The van der Waals surface area contributed by atoms with Crippen LogP contribution >= 0.6 is 127 Å². The third kappa shape index (κ3) is 5.76. The molecule has 168 valence electrons. The van der Waals surface area contributed by atoms with E-state index in [4.69, 9.17) is 4.74 Å². The van der Waals surface area contributed by atoms with Gasteiger partial charge in [0.05, 0.1) is 17.9 Å². The summed E-state index contributed by atoms with van der Waals surface area (Å²) in [5.41, 5.74) is 4.11. The molecule has 0 aliphatic rings. The first-order valence-electron chi connectivity index (χ1n) is 9.22. The van der Waals surface area contributed by atoms with Crippen LogP contribution in [0.4, 0.5) is 0 Å². The Balaban J connectivity index is 1.83. The van der Waals surface area contributed by atoms with Crippen molar-refractivity contribution in [3.05, 3.63) is 96.4 Å². The Bertz CT molecular complexity index is 1280. The van der Waals surface area contributed by atoms with Crippen LogP contribution in [0.2, 0.25) is 0 Å². The van der Waals surface area contributed by atoms with Crippen LogP contribution in [0.25, 0.3) is 22.3 Å². The Morgan fingerprint density at radius 2 is 0.758 bits per heavy atom. The van der Waals surface area contributed by atoms with Gasteiger partial charge in [0.1, 0.15) is 0 Å². The molecule has 0 unspecified atom stereocenters. The minimum Gasteiger partial charge on any atom is -0.453 e. The Morgan fingerprint density at radius 3 is 1.12 bits per heavy atom. The van der Waals surface area contributed by atoms with E-state index in [0.717, 1.165) is 58.0 Å². The fourth-order valence-corrected chi connectivity index (χ4v) is 8.34. The summed E-state index contributed by atoms with van der Waals surface area (Å²) in [6.07, 6.45) is 0. The van der Waals surface area contributed by atoms with Crippen LogP contribution in [-0.2, 0) is 0 Å². The van der Waals surface area contributed by atoms with E-state index >= 15 is 0 Å². The minimum atomic E-state index is 0.677. The largest absolute Gasteiger partial charge is 0.453 e. The lowest BCUT2D eigenvalue weighted by Gasteiger charge is -2.18. The third-order valence-electron chi connectivity index (χ3n) is 4.74. The highest BCUT2D eigenvalue weighted by Crippen LogP contribution is 2.49. The number of hydrogen-bond donors (Lipinski definition) is 0. The molecular formula is C24H10Br8O. The van der Waals surface area contributed by atoms with Crippen LogP contribution in [-0.4, -0.2) is 0 Å². The maximum atomic E-state index is 6.52. The van der Waals surface area contributed by atoms with E-state index in [-0.39, 0.29) is 0 Å². The molecule has 4 aromatic carbocycles. The molecule has 0 N–H and O–H groups in total. The van der Waals surface area contributed by atoms with E-state index in [2.05, 4.69) is 152 Å². The Labute approximate surface area is 259 Å². The lowest BCUT2D eigenvalue weighted by atomic mass is 10.1. The van der Waals surface area contributed by atoms with E-state index in [0.29, 0.717) is 11.5 Å². The van der Waals surface area contributed by atoms with Crippen LogP contribution in [0.15, 0.2) is 96.4 Å². The van der Waals surface area contributed by atoms with Crippen molar-refractivity contribution < 1.29 is 4.74 Å². The topological polar surface area (TPSA) is 9.23 Å². The van der Waals surface area contributed by atoms with E-state index in [1.807, 2.05) is 36.4 Å². The second kappa shape index (κ2) is 11.3. The molecule has 1 nitrogen and oxygen atoms in total. The molecule has 0 radical (unpaired) electrons. The van der Waals surface area contributed by atoms with Crippen LogP contribution in [0.5, 0.6) is 11.5 Å². The summed E-state index contributed by atoms with van der Waals surface area (Å²) >= 11 is 29.3. The number of halogens is 8. The molecule has 0 aliphatic carbocycles. The van der Waals surface area contributed by atoms with Gasteiger partial charge in [0, 0.05) is 29.0 Å². The first-order chi connectivity index (χ1) is 15.7. The van der Waals surface area contributed by atoms with Crippen LogP contribution in [0.3, 0.4) is 0 Å². The quantitative estimate of drug-likeness (QED) is 0.198. The number of rotatable bonds is 4. The smallest absolute Gasteiger partial charge is 0.156 e. The molecule has 0 fully saturated rings. The highest BCUT2D eigenvalue weighted by Gasteiger charge is 2.20. The Kier molecular flexibility index (Phi) is 9.08. The molecular weight excluding hydrogens is 943 g/mol. The zero-order valence-corrected chi connectivity index (χ0v) is 28.9. The summed E-state index contributed by atoms with van der Waals surface area (Å²) in [6, 6.07) is 20.3. The van der Waals surface area contributed by atoms with Crippen LogP contribution < -0.4 is 4.74 Å². The monoisotopic (exact) mass is 945 g/mol. The van der Waals surface area contributed by atoms with Gasteiger partial charge in [0.25, 0.3) is 0 Å². The van der Waals surface area contributed by atoms with Gasteiger partial charge < -0.3 is 4.74 Å². The second-order valence-electron chi connectivity index (χ2n) is 6.83. The molecule has 0 saturated carbocycles. The molecule has 0 atom stereocenters. The standard InChI is InChI=1S/C24H10Br8O/c25-11-1-3-13(19(29)9-11)15-5-7-17(27)23(21(15)31)33-24-18(28)8-6-16(22(24)32)14-4-2-12(26)10-20(14)30/h1-10H. The van der Waals surface area contributed by atoms with E-state index < -0.39 is 0 Å². The number of hydrogen-bond acceptors (Lipinski definition) is 1. The van der Waals surface area contributed by atoms with Crippen molar-refractivity contribution in [3.8, 4) is 33.8 Å². The van der Waals surface area contributed by atoms with E-state index in [1.54, 1.807) is 0 Å². The molecule has 0 bridgehead atoms. The molecule has 0 saturated heterocycles. The van der Waals surface area contributed by atoms with Gasteiger partial charge in [-0.1, -0.05) is 88.0 Å². The van der Waals surface area contributed by atoms with Crippen molar-refractivity contribution in [2.75, 3.05) is 0 Å².